The van der Waals surface area contributed by atoms with Crippen LogP contribution in [-0.4, -0.2) is 71.0 Å². The molecule has 1 aliphatic heterocycles. The zero-order valence-electron chi connectivity index (χ0n) is 18.4. The number of imidazole rings is 1. The van der Waals surface area contributed by atoms with E-state index in [0.717, 1.165) is 0 Å². The molecule has 1 aliphatic rings. The van der Waals surface area contributed by atoms with Crippen molar-refractivity contribution in [2.24, 2.45) is 0 Å². The summed E-state index contributed by atoms with van der Waals surface area (Å²) in [6.45, 7) is 0.312. The van der Waals surface area contributed by atoms with Crippen LogP contribution >= 0.6 is 11.6 Å². The molecule has 0 aromatic carbocycles. The highest BCUT2D eigenvalue weighted by Gasteiger charge is 2.47. The van der Waals surface area contributed by atoms with Gasteiger partial charge in [-0.1, -0.05) is 11.6 Å². The molecule has 4 unspecified atom stereocenters. The number of nitrogens with zero attached hydrogens (tertiary/aromatic N) is 6. The van der Waals surface area contributed by atoms with Gasteiger partial charge in [-0.25, -0.2) is 15.0 Å². The third-order valence-electron chi connectivity index (χ3n) is 5.57. The molecule has 1 amide bonds. The highest BCUT2D eigenvalue weighted by Crippen LogP contribution is 2.33. The minimum atomic E-state index is -1.43. The van der Waals surface area contributed by atoms with Crippen LogP contribution in [0.1, 0.15) is 11.9 Å². The predicted molar refractivity (Wildman–Crippen MR) is 125 cm³/mol. The smallest absolute Gasteiger partial charge is 0.251 e. The van der Waals surface area contributed by atoms with Gasteiger partial charge in [0.25, 0.3) is 5.91 Å². The Bertz CT molecular complexity index is 1370. The lowest BCUT2D eigenvalue weighted by Crippen LogP contribution is -2.41. The van der Waals surface area contributed by atoms with Gasteiger partial charge in [-0.15, -0.1) is 0 Å². The van der Waals surface area contributed by atoms with Gasteiger partial charge in [-0.3, -0.25) is 19.3 Å². The average Bonchev–Trinajstić information content (AvgIpc) is 3.43. The van der Waals surface area contributed by atoms with Crippen molar-refractivity contribution in [2.75, 3.05) is 12.4 Å². The van der Waals surface area contributed by atoms with Crippen LogP contribution in [0.4, 0.5) is 5.82 Å². The number of amides is 1. The van der Waals surface area contributed by atoms with Gasteiger partial charge in [-0.05, 0) is 24.3 Å². The first-order chi connectivity index (χ1) is 17.0. The number of hydrogen-bond acceptors (Lipinski definition) is 10. The summed E-state index contributed by atoms with van der Waals surface area (Å²) < 4.78 is 7.18. The molecule has 0 aliphatic carbocycles. The van der Waals surface area contributed by atoms with Crippen molar-refractivity contribution in [3.63, 3.8) is 0 Å². The Kier molecular flexibility index (Phi) is 6.26. The van der Waals surface area contributed by atoms with Crippen molar-refractivity contribution in [3.05, 3.63) is 59.9 Å². The third kappa shape index (κ3) is 4.39. The Morgan fingerprint density at radius 1 is 1.20 bits per heavy atom. The van der Waals surface area contributed by atoms with Crippen LogP contribution in [0.25, 0.3) is 22.6 Å². The number of rotatable bonds is 6. The molecule has 4 atom stereocenters. The van der Waals surface area contributed by atoms with E-state index in [1.165, 1.54) is 17.9 Å². The molecule has 0 spiro atoms. The highest BCUT2D eigenvalue weighted by molar-refractivity contribution is 6.30. The molecular weight excluding hydrogens is 476 g/mol. The van der Waals surface area contributed by atoms with E-state index in [9.17, 15) is 15.0 Å². The summed E-state index contributed by atoms with van der Waals surface area (Å²) in [5, 5.41) is 27.2. The van der Waals surface area contributed by atoms with Crippen LogP contribution in [0.5, 0.6) is 0 Å². The van der Waals surface area contributed by atoms with E-state index in [1.807, 2.05) is 6.07 Å². The molecule has 4 N–H and O–H groups in total. The fraction of sp³-hybridized carbons (Fsp3) is 0.273. The summed E-state index contributed by atoms with van der Waals surface area (Å²) in [7, 11) is 1.42. The van der Waals surface area contributed by atoms with E-state index in [-0.39, 0.29) is 0 Å². The quantitative estimate of drug-likeness (QED) is 0.302. The highest BCUT2D eigenvalue weighted by atomic mass is 35.5. The number of carbonyl (C=O) groups excluding carboxylic acids is 1. The van der Waals surface area contributed by atoms with Crippen LogP contribution in [0.15, 0.2) is 49.2 Å². The SMILES string of the molecule is CNC(=O)C1OC(n2cnc3c(NCc4cc(Cl)ccn4)nc(-c4cccnc4)nc32)C(O)C1O. The number of aliphatic hydroxyl groups is 2. The second kappa shape index (κ2) is 9.50. The number of nitrogens with one attached hydrogen (secondary N) is 2. The molecule has 4 aromatic heterocycles. The first kappa shape index (κ1) is 23.1. The molecule has 0 bridgehead atoms. The van der Waals surface area contributed by atoms with Crippen LogP contribution in [0, 0.1) is 0 Å². The Labute approximate surface area is 204 Å². The van der Waals surface area contributed by atoms with Crippen LogP contribution in [0.3, 0.4) is 0 Å². The van der Waals surface area contributed by atoms with Gasteiger partial charge >= 0.3 is 0 Å². The van der Waals surface area contributed by atoms with Gasteiger partial charge in [-0.2, -0.15) is 0 Å². The van der Waals surface area contributed by atoms with E-state index in [0.29, 0.717) is 45.6 Å². The molecule has 1 fully saturated rings. The number of likely N-dealkylation sites (N-methyl/N-ethyl adjacent to an activating group) is 1. The number of carbonyl (C=O) groups is 1. The van der Waals surface area contributed by atoms with Crippen LogP contribution < -0.4 is 10.6 Å². The molecule has 0 saturated carbocycles. The predicted octanol–water partition coefficient (Wildman–Crippen LogP) is 0.914. The number of aliphatic hydroxyl groups excluding tert-OH is 2. The van der Waals surface area contributed by atoms with Crippen molar-refractivity contribution in [1.29, 1.82) is 0 Å². The maximum atomic E-state index is 12.1. The van der Waals surface area contributed by atoms with Crippen molar-refractivity contribution in [2.45, 2.75) is 31.1 Å². The lowest BCUT2D eigenvalue weighted by Gasteiger charge is -2.17. The lowest BCUT2D eigenvalue weighted by molar-refractivity contribution is -0.137. The minimum absolute atomic E-state index is 0.312. The molecule has 1 saturated heterocycles. The van der Waals surface area contributed by atoms with Crippen LogP contribution in [-0.2, 0) is 16.1 Å². The number of hydrogen-bond donors (Lipinski definition) is 4. The van der Waals surface area contributed by atoms with Crippen LogP contribution in [0.2, 0.25) is 5.02 Å². The Balaban J connectivity index is 1.57. The summed E-state index contributed by atoms with van der Waals surface area (Å²) in [6, 6.07) is 6.99. The molecule has 4 aromatic rings. The van der Waals surface area contributed by atoms with E-state index >= 15 is 0 Å². The summed E-state index contributed by atoms with van der Waals surface area (Å²) in [5.41, 5.74) is 2.07. The number of aromatic nitrogens is 6. The molecule has 13 heteroatoms. The van der Waals surface area contributed by atoms with E-state index in [2.05, 4.69) is 35.6 Å². The van der Waals surface area contributed by atoms with E-state index < -0.39 is 30.4 Å². The largest absolute Gasteiger partial charge is 0.387 e. The van der Waals surface area contributed by atoms with E-state index in [1.54, 1.807) is 36.8 Å². The summed E-state index contributed by atoms with van der Waals surface area (Å²) >= 11 is 6.07. The maximum Gasteiger partial charge on any atom is 0.251 e. The molecular formula is C22H21ClN8O4. The Hall–Kier alpha value is -3.71. The molecule has 5 heterocycles. The van der Waals surface area contributed by atoms with Crippen molar-refractivity contribution in [3.8, 4) is 11.4 Å². The molecule has 35 heavy (non-hydrogen) atoms. The number of anilines is 1. The molecule has 0 radical (unpaired) electrons. The van der Waals surface area contributed by atoms with Gasteiger partial charge in [0.1, 0.15) is 12.2 Å². The minimum Gasteiger partial charge on any atom is -0.387 e. The zero-order chi connectivity index (χ0) is 24.5. The van der Waals surface area contributed by atoms with Gasteiger partial charge in [0.2, 0.25) is 0 Å². The normalized spacial score (nSPS) is 21.8. The summed E-state index contributed by atoms with van der Waals surface area (Å²) in [5.74, 6) is 0.209. The number of ether oxygens (including phenoxy) is 1. The van der Waals surface area contributed by atoms with Gasteiger partial charge in [0.15, 0.2) is 35.1 Å². The molecule has 12 nitrogen and oxygen atoms in total. The average molecular weight is 497 g/mol. The summed E-state index contributed by atoms with van der Waals surface area (Å²) in [4.78, 5) is 34.2. The second-order valence-corrected chi connectivity index (χ2v) is 8.26. The first-order valence-electron chi connectivity index (χ1n) is 10.7. The fourth-order valence-corrected chi connectivity index (χ4v) is 4.00. The summed E-state index contributed by atoms with van der Waals surface area (Å²) in [6.07, 6.45) is 1.12. The topological polar surface area (TPSA) is 160 Å². The lowest BCUT2D eigenvalue weighted by atomic mass is 10.1. The first-order valence-corrected chi connectivity index (χ1v) is 11.1. The third-order valence-corrected chi connectivity index (χ3v) is 5.81. The Morgan fingerprint density at radius 3 is 2.80 bits per heavy atom. The van der Waals surface area contributed by atoms with Crippen molar-refractivity contribution in [1.82, 2.24) is 34.8 Å². The number of halogens is 1. The van der Waals surface area contributed by atoms with Crippen molar-refractivity contribution < 1.29 is 19.7 Å². The van der Waals surface area contributed by atoms with E-state index in [4.69, 9.17) is 16.3 Å². The van der Waals surface area contributed by atoms with Gasteiger partial charge < -0.3 is 25.6 Å². The standard InChI is InChI=1S/C22H21ClN8O4/c1-24-21(34)17-15(32)16(33)22(35-17)31-10-28-14-19(27-9-13-7-12(23)4-6-26-13)29-18(30-20(14)31)11-3-2-5-25-8-11/h2-8,10,15-17,22,32-33H,9H2,1H3,(H,24,34)(H,27,29,30). The number of fused-ring (bicyclic) bond motifs is 1. The molecule has 180 valence electrons. The second-order valence-electron chi connectivity index (χ2n) is 7.82. The van der Waals surface area contributed by atoms with Crippen molar-refractivity contribution >= 4 is 34.5 Å². The van der Waals surface area contributed by atoms with Gasteiger partial charge in [0, 0.05) is 36.2 Å². The Morgan fingerprint density at radius 2 is 2.06 bits per heavy atom. The zero-order valence-corrected chi connectivity index (χ0v) is 19.2. The molecule has 5 rings (SSSR count). The number of pyridine rings is 2. The monoisotopic (exact) mass is 496 g/mol. The fourth-order valence-electron chi connectivity index (χ4n) is 3.82. The maximum absolute atomic E-state index is 12.1. The van der Waals surface area contributed by atoms with Gasteiger partial charge in [0.05, 0.1) is 18.6 Å².